The van der Waals surface area contributed by atoms with Crippen LogP contribution in [0.25, 0.3) is 5.69 Å². The average Bonchev–Trinajstić information content (AvgIpc) is 3.28. The van der Waals surface area contributed by atoms with Gasteiger partial charge in [0.1, 0.15) is 6.54 Å². The first-order valence-corrected chi connectivity index (χ1v) is 9.80. The predicted molar refractivity (Wildman–Crippen MR) is 115 cm³/mol. The van der Waals surface area contributed by atoms with Crippen LogP contribution in [0.2, 0.25) is 0 Å². The maximum atomic E-state index is 13.2. The number of aryl methyl sites for hydroxylation is 1. The largest absolute Gasteiger partial charge is 0.416 e. The molecule has 0 fully saturated rings. The molecule has 0 saturated heterocycles. The van der Waals surface area contributed by atoms with Gasteiger partial charge in [0.2, 0.25) is 5.91 Å². The Balaban J connectivity index is 1.74. The van der Waals surface area contributed by atoms with Gasteiger partial charge in [-0.2, -0.15) is 18.3 Å². The van der Waals surface area contributed by atoms with Crippen molar-refractivity contribution >= 4 is 23.3 Å². The van der Waals surface area contributed by atoms with Crippen molar-refractivity contribution in [1.29, 1.82) is 0 Å². The number of benzene rings is 2. The van der Waals surface area contributed by atoms with E-state index in [9.17, 15) is 22.8 Å². The van der Waals surface area contributed by atoms with E-state index in [-0.39, 0.29) is 17.9 Å². The average molecular weight is 445 g/mol. The van der Waals surface area contributed by atoms with Gasteiger partial charge < -0.3 is 15.5 Å². The zero-order chi connectivity index (χ0) is 23.3. The molecule has 7 nitrogen and oxygen atoms in total. The van der Waals surface area contributed by atoms with Crippen LogP contribution in [-0.2, 0) is 17.4 Å². The molecule has 0 radical (unpaired) electrons. The molecule has 0 spiro atoms. The molecule has 1 heterocycles. The second-order valence-electron chi connectivity index (χ2n) is 7.03. The molecule has 32 heavy (non-hydrogen) atoms. The predicted octanol–water partition coefficient (Wildman–Crippen LogP) is 4.56. The van der Waals surface area contributed by atoms with Crippen LogP contribution in [0.1, 0.15) is 18.1 Å². The number of rotatable bonds is 6. The molecule has 0 aliphatic rings. The highest BCUT2D eigenvalue weighted by molar-refractivity contribution is 5.98. The quantitative estimate of drug-likeness (QED) is 0.584. The standard InChI is InChI=1S/C22H22F3N5O2/c1-3-15-7-4-5-8-17(15)27-20(31)14-29(2)21(32)28-18-13-16(22(23,24)25)9-10-19(18)30-12-6-11-26-30/h4-13H,3,14H2,1-2H3,(H,27,31)(H,28,32). The first kappa shape index (κ1) is 22.9. The Morgan fingerprint density at radius 1 is 1.06 bits per heavy atom. The van der Waals surface area contributed by atoms with Crippen molar-refractivity contribution in [3.8, 4) is 5.69 Å². The summed E-state index contributed by atoms with van der Waals surface area (Å²) in [6.45, 7) is 1.66. The topological polar surface area (TPSA) is 79.3 Å². The Morgan fingerprint density at radius 2 is 1.81 bits per heavy atom. The molecular weight excluding hydrogens is 423 g/mol. The molecule has 0 saturated carbocycles. The van der Waals surface area contributed by atoms with Gasteiger partial charge in [-0.1, -0.05) is 25.1 Å². The normalized spacial score (nSPS) is 11.2. The van der Waals surface area contributed by atoms with Crippen LogP contribution in [0, 0.1) is 0 Å². The molecule has 3 amide bonds. The van der Waals surface area contributed by atoms with E-state index in [2.05, 4.69) is 15.7 Å². The first-order valence-electron chi connectivity index (χ1n) is 9.80. The summed E-state index contributed by atoms with van der Waals surface area (Å²) >= 11 is 0. The number of anilines is 2. The highest BCUT2D eigenvalue weighted by Crippen LogP contribution is 2.33. The van der Waals surface area contributed by atoms with E-state index in [0.717, 1.165) is 29.0 Å². The molecule has 3 rings (SSSR count). The van der Waals surface area contributed by atoms with Crippen molar-refractivity contribution in [1.82, 2.24) is 14.7 Å². The summed E-state index contributed by atoms with van der Waals surface area (Å²) < 4.78 is 40.9. The number of amides is 3. The Bertz CT molecular complexity index is 1100. The number of para-hydroxylation sites is 1. The lowest BCUT2D eigenvalue weighted by molar-refractivity contribution is -0.137. The highest BCUT2D eigenvalue weighted by atomic mass is 19.4. The van der Waals surface area contributed by atoms with E-state index in [1.165, 1.54) is 24.0 Å². The molecule has 2 N–H and O–H groups in total. The van der Waals surface area contributed by atoms with E-state index in [1.807, 2.05) is 19.1 Å². The van der Waals surface area contributed by atoms with E-state index >= 15 is 0 Å². The summed E-state index contributed by atoms with van der Waals surface area (Å²) in [6.07, 6.45) is -0.854. The fraction of sp³-hybridized carbons (Fsp3) is 0.227. The SMILES string of the molecule is CCc1ccccc1NC(=O)CN(C)C(=O)Nc1cc(C(F)(F)F)ccc1-n1cccn1. The van der Waals surface area contributed by atoms with Crippen molar-refractivity contribution in [3.05, 3.63) is 72.1 Å². The lowest BCUT2D eigenvalue weighted by Gasteiger charge is -2.20. The Morgan fingerprint density at radius 3 is 2.47 bits per heavy atom. The van der Waals surface area contributed by atoms with Gasteiger partial charge in [0.25, 0.3) is 0 Å². The van der Waals surface area contributed by atoms with Crippen LogP contribution in [0.15, 0.2) is 60.9 Å². The lowest BCUT2D eigenvalue weighted by Crippen LogP contribution is -2.38. The fourth-order valence-electron chi connectivity index (χ4n) is 3.06. The zero-order valence-electron chi connectivity index (χ0n) is 17.5. The van der Waals surface area contributed by atoms with Crippen molar-refractivity contribution in [2.24, 2.45) is 0 Å². The Hall–Kier alpha value is -3.82. The van der Waals surface area contributed by atoms with Crippen LogP contribution in [-0.4, -0.2) is 40.2 Å². The second kappa shape index (κ2) is 9.54. The molecule has 0 aliphatic carbocycles. The second-order valence-corrected chi connectivity index (χ2v) is 7.03. The third kappa shape index (κ3) is 5.45. The molecule has 0 aliphatic heterocycles. The molecule has 3 aromatic rings. The molecule has 0 bridgehead atoms. The van der Waals surface area contributed by atoms with Gasteiger partial charge in [-0.15, -0.1) is 0 Å². The number of carbonyl (C=O) groups is 2. The molecule has 1 aromatic heterocycles. The molecular formula is C22H22F3N5O2. The van der Waals surface area contributed by atoms with E-state index in [1.54, 1.807) is 24.4 Å². The number of nitrogens with zero attached hydrogens (tertiary/aromatic N) is 3. The van der Waals surface area contributed by atoms with Gasteiger partial charge in [0.05, 0.1) is 16.9 Å². The molecule has 0 unspecified atom stereocenters. The minimum absolute atomic E-state index is 0.0860. The molecule has 168 valence electrons. The fourth-order valence-corrected chi connectivity index (χ4v) is 3.06. The number of hydrogen-bond acceptors (Lipinski definition) is 3. The van der Waals surface area contributed by atoms with Gasteiger partial charge in [-0.25, -0.2) is 9.48 Å². The van der Waals surface area contributed by atoms with Crippen LogP contribution in [0.3, 0.4) is 0 Å². The van der Waals surface area contributed by atoms with Crippen LogP contribution in [0.4, 0.5) is 29.3 Å². The lowest BCUT2D eigenvalue weighted by atomic mass is 10.1. The smallest absolute Gasteiger partial charge is 0.324 e. The number of carbonyl (C=O) groups excluding carboxylic acids is 2. The minimum atomic E-state index is -4.58. The van der Waals surface area contributed by atoms with E-state index < -0.39 is 23.7 Å². The van der Waals surface area contributed by atoms with Crippen LogP contribution < -0.4 is 10.6 Å². The maximum absolute atomic E-state index is 13.2. The number of aromatic nitrogens is 2. The number of nitrogens with one attached hydrogen (secondary N) is 2. The van der Waals surface area contributed by atoms with Crippen molar-refractivity contribution in [3.63, 3.8) is 0 Å². The van der Waals surface area contributed by atoms with Crippen molar-refractivity contribution < 1.29 is 22.8 Å². The summed E-state index contributed by atoms with van der Waals surface area (Å²) in [5.41, 5.74) is 0.844. The van der Waals surface area contributed by atoms with Gasteiger partial charge in [-0.05, 0) is 42.3 Å². The van der Waals surface area contributed by atoms with E-state index in [4.69, 9.17) is 0 Å². The van der Waals surface area contributed by atoms with Gasteiger partial charge in [0, 0.05) is 25.1 Å². The number of urea groups is 1. The summed E-state index contributed by atoms with van der Waals surface area (Å²) in [5.74, 6) is -0.431. The maximum Gasteiger partial charge on any atom is 0.416 e. The summed E-state index contributed by atoms with van der Waals surface area (Å²) in [6, 6.07) is 11.1. The molecule has 2 aromatic carbocycles. The van der Waals surface area contributed by atoms with Crippen LogP contribution >= 0.6 is 0 Å². The number of likely N-dealkylation sites (N-methyl/N-ethyl adjacent to an activating group) is 1. The Kier molecular flexibility index (Phi) is 6.82. The first-order chi connectivity index (χ1) is 15.2. The zero-order valence-corrected chi connectivity index (χ0v) is 17.5. The Labute approximate surface area is 182 Å². The van der Waals surface area contributed by atoms with Gasteiger partial charge in [-0.3, -0.25) is 4.79 Å². The monoisotopic (exact) mass is 445 g/mol. The summed E-state index contributed by atoms with van der Waals surface area (Å²) in [5, 5.41) is 9.21. The van der Waals surface area contributed by atoms with E-state index in [0.29, 0.717) is 5.69 Å². The van der Waals surface area contributed by atoms with Crippen molar-refractivity contribution in [2.75, 3.05) is 24.2 Å². The molecule has 10 heteroatoms. The number of alkyl halides is 3. The summed E-state index contributed by atoms with van der Waals surface area (Å²) in [7, 11) is 1.38. The van der Waals surface area contributed by atoms with Gasteiger partial charge in [0.15, 0.2) is 0 Å². The highest BCUT2D eigenvalue weighted by Gasteiger charge is 2.31. The van der Waals surface area contributed by atoms with Crippen molar-refractivity contribution in [2.45, 2.75) is 19.5 Å². The number of halogens is 3. The van der Waals surface area contributed by atoms with Crippen LogP contribution in [0.5, 0.6) is 0 Å². The summed E-state index contributed by atoms with van der Waals surface area (Å²) in [4.78, 5) is 26.1. The molecule has 0 atom stereocenters. The number of hydrogen-bond donors (Lipinski definition) is 2. The third-order valence-electron chi connectivity index (χ3n) is 4.72. The minimum Gasteiger partial charge on any atom is -0.324 e. The van der Waals surface area contributed by atoms with Gasteiger partial charge >= 0.3 is 12.2 Å². The third-order valence-corrected chi connectivity index (χ3v) is 4.72.